The Morgan fingerprint density at radius 1 is 0.750 bits per heavy atom. The van der Waals surface area contributed by atoms with Crippen molar-refractivity contribution in [2.24, 2.45) is 0 Å². The van der Waals surface area contributed by atoms with Gasteiger partial charge < -0.3 is 10.2 Å². The van der Waals surface area contributed by atoms with Crippen LogP contribution >= 0.6 is 0 Å². The van der Waals surface area contributed by atoms with Gasteiger partial charge in [-0.15, -0.1) is 0 Å². The van der Waals surface area contributed by atoms with Crippen molar-refractivity contribution in [3.63, 3.8) is 0 Å². The van der Waals surface area contributed by atoms with Crippen molar-refractivity contribution in [1.82, 2.24) is 0 Å². The maximum Gasteiger partial charge on any atom is 0.339 e. The van der Waals surface area contributed by atoms with Crippen LogP contribution in [0, 0.1) is 0 Å². The summed E-state index contributed by atoms with van der Waals surface area (Å²) in [4.78, 5) is 11.1. The van der Waals surface area contributed by atoms with Gasteiger partial charge in [0.1, 0.15) is 11.3 Å². The fraction of sp³-hybridized carbons (Fsp3) is 0. The minimum absolute atomic E-state index is 0.102. The topological polar surface area (TPSA) is 57.5 Å². The van der Waals surface area contributed by atoms with Crippen molar-refractivity contribution in [2.45, 2.75) is 0 Å². The smallest absolute Gasteiger partial charge is 0.339 e. The highest BCUT2D eigenvalue weighted by Crippen LogP contribution is 2.22. The molecule has 0 fully saturated rings. The first-order valence-corrected chi connectivity index (χ1v) is 7.53. The second-order valence-electron chi connectivity index (χ2n) is 5.41. The lowest BCUT2D eigenvalue weighted by molar-refractivity contribution is 0.0693. The zero-order valence-corrected chi connectivity index (χ0v) is 12.9. The number of carboxylic acid groups (broad SMARTS) is 1. The number of benzene rings is 3. The van der Waals surface area contributed by atoms with Gasteiger partial charge in [0.2, 0.25) is 0 Å². The summed E-state index contributed by atoms with van der Waals surface area (Å²) in [5, 5.41) is 18.6. The first-order chi connectivity index (χ1) is 11.6. The first-order valence-electron chi connectivity index (χ1n) is 7.53. The molecule has 3 nitrogen and oxygen atoms in total. The number of rotatable bonds is 4. The molecule has 3 rings (SSSR count). The largest absolute Gasteiger partial charge is 0.507 e. The Bertz CT molecular complexity index is 896. The molecule has 3 aromatic rings. The quantitative estimate of drug-likeness (QED) is 0.671. The molecule has 0 aromatic heterocycles. The number of hydrogen-bond donors (Lipinski definition) is 2. The molecular formula is C21H16O3. The van der Waals surface area contributed by atoms with Crippen molar-refractivity contribution in [3.8, 4) is 16.9 Å². The molecule has 0 amide bonds. The number of aromatic hydroxyl groups is 1. The lowest BCUT2D eigenvalue weighted by Gasteiger charge is -2.03. The summed E-state index contributed by atoms with van der Waals surface area (Å²) in [7, 11) is 0. The molecule has 0 aliphatic rings. The number of carbonyl (C=O) groups is 1. The highest BCUT2D eigenvalue weighted by atomic mass is 16.4. The molecular weight excluding hydrogens is 300 g/mol. The lowest BCUT2D eigenvalue weighted by Crippen LogP contribution is -1.96. The zero-order valence-electron chi connectivity index (χ0n) is 12.9. The molecule has 0 unspecified atom stereocenters. The van der Waals surface area contributed by atoms with Crippen LogP contribution in [-0.4, -0.2) is 16.2 Å². The van der Waals surface area contributed by atoms with Crippen molar-refractivity contribution < 1.29 is 15.0 Å². The summed E-state index contributed by atoms with van der Waals surface area (Å²) in [6.45, 7) is 0. The van der Waals surface area contributed by atoms with Crippen LogP contribution in [0.4, 0.5) is 0 Å². The second kappa shape index (κ2) is 6.84. The minimum atomic E-state index is -1.14. The third-order valence-electron chi connectivity index (χ3n) is 3.71. The highest BCUT2D eigenvalue weighted by Gasteiger charge is 2.08. The van der Waals surface area contributed by atoms with Crippen LogP contribution in [0.3, 0.4) is 0 Å². The normalized spacial score (nSPS) is 10.8. The lowest BCUT2D eigenvalue weighted by atomic mass is 10.0. The van der Waals surface area contributed by atoms with Crippen LogP contribution in [0.25, 0.3) is 23.3 Å². The Morgan fingerprint density at radius 2 is 1.42 bits per heavy atom. The summed E-state index contributed by atoms with van der Waals surface area (Å²) >= 11 is 0. The van der Waals surface area contributed by atoms with Gasteiger partial charge >= 0.3 is 5.97 Å². The van der Waals surface area contributed by atoms with E-state index in [4.69, 9.17) is 5.11 Å². The van der Waals surface area contributed by atoms with Crippen LogP contribution in [0.1, 0.15) is 21.5 Å². The Labute approximate surface area is 140 Å². The van der Waals surface area contributed by atoms with Crippen molar-refractivity contribution >= 4 is 18.1 Å². The first kappa shape index (κ1) is 15.6. The van der Waals surface area contributed by atoms with E-state index >= 15 is 0 Å². The average molecular weight is 316 g/mol. The molecule has 0 radical (unpaired) electrons. The molecule has 0 spiro atoms. The molecule has 3 heteroatoms. The summed E-state index contributed by atoms with van der Waals surface area (Å²) in [5.41, 5.74) is 3.90. The van der Waals surface area contributed by atoms with E-state index in [2.05, 4.69) is 24.3 Å². The van der Waals surface area contributed by atoms with E-state index in [1.54, 1.807) is 6.07 Å². The summed E-state index contributed by atoms with van der Waals surface area (Å²) < 4.78 is 0. The van der Waals surface area contributed by atoms with Crippen LogP contribution in [0.2, 0.25) is 0 Å². The number of carboxylic acids is 1. The van der Waals surface area contributed by atoms with Crippen LogP contribution in [0.5, 0.6) is 5.75 Å². The van der Waals surface area contributed by atoms with Gasteiger partial charge in [-0.25, -0.2) is 4.79 Å². The second-order valence-corrected chi connectivity index (χ2v) is 5.41. The maximum atomic E-state index is 11.1. The van der Waals surface area contributed by atoms with E-state index in [-0.39, 0.29) is 11.3 Å². The van der Waals surface area contributed by atoms with Crippen LogP contribution in [-0.2, 0) is 0 Å². The molecule has 0 saturated heterocycles. The molecule has 0 bridgehead atoms. The monoisotopic (exact) mass is 316 g/mol. The number of hydrogen-bond acceptors (Lipinski definition) is 2. The SMILES string of the molecule is O=C(O)c1cc(/C=C/c2cccc(-c3ccccc3)c2)ccc1O. The fourth-order valence-electron chi connectivity index (χ4n) is 2.47. The van der Waals surface area contributed by atoms with Gasteiger partial charge in [0, 0.05) is 0 Å². The van der Waals surface area contributed by atoms with E-state index in [0.717, 1.165) is 22.3 Å². The average Bonchev–Trinajstić information content (AvgIpc) is 2.62. The van der Waals surface area contributed by atoms with E-state index in [1.807, 2.05) is 42.5 Å². The predicted octanol–water partition coefficient (Wildman–Crippen LogP) is 4.93. The van der Waals surface area contributed by atoms with Gasteiger partial charge in [-0.3, -0.25) is 0 Å². The molecule has 3 aromatic carbocycles. The summed E-state index contributed by atoms with van der Waals surface area (Å²) in [6.07, 6.45) is 3.75. The van der Waals surface area contributed by atoms with Crippen molar-refractivity contribution in [3.05, 3.63) is 89.5 Å². The molecule has 2 N–H and O–H groups in total. The van der Waals surface area contributed by atoms with Gasteiger partial charge in [-0.2, -0.15) is 0 Å². The maximum absolute atomic E-state index is 11.1. The molecule has 0 atom stereocenters. The summed E-state index contributed by atoms with van der Waals surface area (Å²) in [5.74, 6) is -1.38. The van der Waals surface area contributed by atoms with Gasteiger partial charge in [0.25, 0.3) is 0 Å². The van der Waals surface area contributed by atoms with Gasteiger partial charge in [-0.1, -0.05) is 66.7 Å². The van der Waals surface area contributed by atoms with E-state index < -0.39 is 5.97 Å². The standard InChI is InChI=1S/C21H16O3/c22-20-12-11-16(14-19(20)21(23)24)10-9-15-5-4-8-18(13-15)17-6-2-1-3-7-17/h1-14,22H,(H,23,24)/b10-9+. The summed E-state index contributed by atoms with van der Waals surface area (Å²) in [6, 6.07) is 22.7. The van der Waals surface area contributed by atoms with E-state index in [0.29, 0.717) is 0 Å². The molecule has 0 saturated carbocycles. The third kappa shape index (κ3) is 3.52. The van der Waals surface area contributed by atoms with Crippen molar-refractivity contribution in [1.29, 1.82) is 0 Å². The highest BCUT2D eigenvalue weighted by molar-refractivity contribution is 5.92. The Kier molecular flexibility index (Phi) is 4.43. The van der Waals surface area contributed by atoms with Crippen LogP contribution < -0.4 is 0 Å². The number of phenols is 1. The fourth-order valence-corrected chi connectivity index (χ4v) is 2.47. The third-order valence-corrected chi connectivity index (χ3v) is 3.71. The molecule has 24 heavy (non-hydrogen) atoms. The van der Waals surface area contributed by atoms with Crippen LogP contribution in [0.15, 0.2) is 72.8 Å². The molecule has 0 heterocycles. The zero-order chi connectivity index (χ0) is 16.9. The number of aromatic carboxylic acids is 1. The molecule has 0 aliphatic carbocycles. The Balaban J connectivity index is 1.88. The Morgan fingerprint density at radius 3 is 2.12 bits per heavy atom. The molecule has 0 aliphatic heterocycles. The van der Waals surface area contributed by atoms with Gasteiger partial charge in [0.15, 0.2) is 0 Å². The molecule has 118 valence electrons. The minimum Gasteiger partial charge on any atom is -0.507 e. The van der Waals surface area contributed by atoms with Gasteiger partial charge in [-0.05, 0) is 40.5 Å². The Hall–Kier alpha value is -3.33. The van der Waals surface area contributed by atoms with E-state index in [1.165, 1.54) is 12.1 Å². The predicted molar refractivity (Wildman–Crippen MR) is 95.9 cm³/mol. The van der Waals surface area contributed by atoms with Gasteiger partial charge in [0.05, 0.1) is 0 Å². The van der Waals surface area contributed by atoms with E-state index in [9.17, 15) is 9.90 Å². The van der Waals surface area contributed by atoms with Crippen molar-refractivity contribution in [2.75, 3.05) is 0 Å².